The summed E-state index contributed by atoms with van der Waals surface area (Å²) < 4.78 is 1.70. The molecule has 2 N–H and O–H groups in total. The van der Waals surface area contributed by atoms with Gasteiger partial charge in [0.2, 0.25) is 0 Å². The molecular weight excluding hydrogens is 282 g/mol. The minimum Gasteiger partial charge on any atom is -0.395 e. The quantitative estimate of drug-likeness (QED) is 0.813. The van der Waals surface area contributed by atoms with Crippen molar-refractivity contribution in [1.82, 2.24) is 19.7 Å². The van der Waals surface area contributed by atoms with Crippen molar-refractivity contribution < 1.29 is 9.90 Å². The first-order valence-corrected chi connectivity index (χ1v) is 7.31. The molecule has 0 atom stereocenters. The van der Waals surface area contributed by atoms with Gasteiger partial charge in [0.25, 0.3) is 0 Å². The summed E-state index contributed by atoms with van der Waals surface area (Å²) in [6, 6.07) is 7.37. The van der Waals surface area contributed by atoms with Gasteiger partial charge in [-0.1, -0.05) is 25.1 Å². The zero-order valence-corrected chi connectivity index (χ0v) is 12.6. The number of carbonyl (C=O) groups excluding carboxylic acids is 1. The first-order chi connectivity index (χ1) is 10.7. The molecule has 7 nitrogen and oxygen atoms in total. The van der Waals surface area contributed by atoms with Crippen LogP contribution in [-0.4, -0.2) is 50.5 Å². The Hall–Kier alpha value is -2.41. The molecule has 0 aliphatic heterocycles. The molecule has 2 rings (SSSR count). The van der Waals surface area contributed by atoms with E-state index >= 15 is 0 Å². The van der Waals surface area contributed by atoms with Crippen LogP contribution in [0.15, 0.2) is 36.9 Å². The van der Waals surface area contributed by atoms with Crippen molar-refractivity contribution >= 4 is 11.7 Å². The van der Waals surface area contributed by atoms with E-state index in [1.54, 1.807) is 15.9 Å². The zero-order chi connectivity index (χ0) is 15.8. The van der Waals surface area contributed by atoms with E-state index in [-0.39, 0.29) is 12.6 Å². The van der Waals surface area contributed by atoms with Crippen LogP contribution in [0.5, 0.6) is 0 Å². The normalized spacial score (nSPS) is 10.5. The SMILES string of the molecule is CCCN(CCO)C(=O)Nc1ccccc1Cn1cncn1. The number of carbonyl (C=O) groups is 1. The van der Waals surface area contributed by atoms with Crippen LogP contribution in [-0.2, 0) is 6.54 Å². The maximum absolute atomic E-state index is 12.3. The van der Waals surface area contributed by atoms with Crippen molar-refractivity contribution in [3.05, 3.63) is 42.5 Å². The predicted molar refractivity (Wildman–Crippen MR) is 83.5 cm³/mol. The molecular formula is C15H21N5O2. The van der Waals surface area contributed by atoms with Crippen LogP contribution in [0.1, 0.15) is 18.9 Å². The van der Waals surface area contributed by atoms with E-state index in [9.17, 15) is 4.79 Å². The number of nitrogens with one attached hydrogen (secondary N) is 1. The molecule has 7 heteroatoms. The lowest BCUT2D eigenvalue weighted by Gasteiger charge is -2.22. The van der Waals surface area contributed by atoms with Gasteiger partial charge >= 0.3 is 6.03 Å². The van der Waals surface area contributed by atoms with E-state index in [0.29, 0.717) is 19.6 Å². The molecule has 1 aromatic carbocycles. The highest BCUT2D eigenvalue weighted by molar-refractivity contribution is 5.90. The highest BCUT2D eigenvalue weighted by Crippen LogP contribution is 2.16. The number of nitrogens with zero attached hydrogens (tertiary/aromatic N) is 4. The molecule has 0 spiro atoms. The Bertz CT molecular complexity index is 579. The summed E-state index contributed by atoms with van der Waals surface area (Å²) >= 11 is 0. The number of amides is 2. The maximum atomic E-state index is 12.3. The maximum Gasteiger partial charge on any atom is 0.321 e. The van der Waals surface area contributed by atoms with Crippen molar-refractivity contribution in [1.29, 1.82) is 0 Å². The number of urea groups is 1. The van der Waals surface area contributed by atoms with Crippen LogP contribution in [0.2, 0.25) is 0 Å². The molecule has 2 aromatic rings. The summed E-state index contributed by atoms with van der Waals surface area (Å²) in [6.45, 7) is 3.41. The molecule has 1 heterocycles. The van der Waals surface area contributed by atoms with Gasteiger partial charge < -0.3 is 15.3 Å². The van der Waals surface area contributed by atoms with Gasteiger partial charge in [-0.2, -0.15) is 5.10 Å². The number of aliphatic hydroxyl groups excluding tert-OH is 1. The molecule has 0 aliphatic rings. The van der Waals surface area contributed by atoms with E-state index < -0.39 is 0 Å². The number of aliphatic hydroxyl groups is 1. The second-order valence-electron chi connectivity index (χ2n) is 4.89. The van der Waals surface area contributed by atoms with Gasteiger partial charge in [-0.3, -0.25) is 0 Å². The Kier molecular flexibility index (Phi) is 5.91. The largest absolute Gasteiger partial charge is 0.395 e. The minimum atomic E-state index is -0.207. The molecule has 0 bridgehead atoms. The first kappa shape index (κ1) is 16.0. The van der Waals surface area contributed by atoms with Gasteiger partial charge in [0.15, 0.2) is 0 Å². The molecule has 0 fully saturated rings. The third-order valence-electron chi connectivity index (χ3n) is 3.21. The number of hydrogen-bond acceptors (Lipinski definition) is 4. The average molecular weight is 303 g/mol. The third kappa shape index (κ3) is 4.29. The number of anilines is 1. The molecule has 1 aromatic heterocycles. The molecule has 0 saturated heterocycles. The average Bonchev–Trinajstić information content (AvgIpc) is 3.02. The molecule has 2 amide bonds. The summed E-state index contributed by atoms with van der Waals surface area (Å²) in [5, 5.41) is 16.0. The van der Waals surface area contributed by atoms with E-state index in [1.165, 1.54) is 6.33 Å². The van der Waals surface area contributed by atoms with E-state index in [4.69, 9.17) is 5.11 Å². The summed E-state index contributed by atoms with van der Waals surface area (Å²) in [5.74, 6) is 0. The van der Waals surface area contributed by atoms with Crippen molar-refractivity contribution in [2.75, 3.05) is 25.0 Å². The van der Waals surface area contributed by atoms with Crippen LogP contribution in [0, 0.1) is 0 Å². The van der Waals surface area contributed by atoms with E-state index in [2.05, 4.69) is 15.4 Å². The van der Waals surface area contributed by atoms with Crippen molar-refractivity contribution in [3.8, 4) is 0 Å². The minimum absolute atomic E-state index is 0.0476. The molecule has 0 saturated carbocycles. The monoisotopic (exact) mass is 303 g/mol. The number of benzene rings is 1. The first-order valence-electron chi connectivity index (χ1n) is 7.31. The lowest BCUT2D eigenvalue weighted by atomic mass is 10.2. The van der Waals surface area contributed by atoms with Gasteiger partial charge in [-0.05, 0) is 18.1 Å². The fourth-order valence-electron chi connectivity index (χ4n) is 2.17. The van der Waals surface area contributed by atoms with Crippen LogP contribution in [0.4, 0.5) is 10.5 Å². The molecule has 22 heavy (non-hydrogen) atoms. The Morgan fingerprint density at radius 2 is 2.18 bits per heavy atom. The third-order valence-corrected chi connectivity index (χ3v) is 3.21. The van der Waals surface area contributed by atoms with Gasteiger partial charge in [-0.25, -0.2) is 14.5 Å². The smallest absolute Gasteiger partial charge is 0.321 e. The molecule has 0 radical (unpaired) electrons. The lowest BCUT2D eigenvalue weighted by molar-refractivity contribution is 0.188. The van der Waals surface area contributed by atoms with Crippen LogP contribution in [0.25, 0.3) is 0 Å². The highest BCUT2D eigenvalue weighted by Gasteiger charge is 2.13. The summed E-state index contributed by atoms with van der Waals surface area (Å²) in [4.78, 5) is 17.8. The van der Waals surface area contributed by atoms with Crippen LogP contribution >= 0.6 is 0 Å². The summed E-state index contributed by atoms with van der Waals surface area (Å²) in [7, 11) is 0. The number of hydrogen-bond donors (Lipinski definition) is 2. The van der Waals surface area contributed by atoms with E-state index in [1.807, 2.05) is 31.2 Å². The highest BCUT2D eigenvalue weighted by atomic mass is 16.3. The fourth-order valence-corrected chi connectivity index (χ4v) is 2.17. The summed E-state index contributed by atoms with van der Waals surface area (Å²) in [6.07, 6.45) is 3.95. The second kappa shape index (κ2) is 8.14. The van der Waals surface area contributed by atoms with Gasteiger partial charge in [0.1, 0.15) is 12.7 Å². The van der Waals surface area contributed by atoms with Crippen LogP contribution in [0.3, 0.4) is 0 Å². The number of rotatable bonds is 7. The summed E-state index contributed by atoms with van der Waals surface area (Å²) in [5.41, 5.74) is 1.68. The lowest BCUT2D eigenvalue weighted by Crippen LogP contribution is -2.37. The zero-order valence-electron chi connectivity index (χ0n) is 12.6. The van der Waals surface area contributed by atoms with E-state index in [0.717, 1.165) is 17.7 Å². The van der Waals surface area contributed by atoms with Crippen LogP contribution < -0.4 is 5.32 Å². The van der Waals surface area contributed by atoms with Crippen molar-refractivity contribution in [3.63, 3.8) is 0 Å². The number of para-hydroxylation sites is 1. The molecule has 0 aliphatic carbocycles. The fraction of sp³-hybridized carbons (Fsp3) is 0.400. The predicted octanol–water partition coefficient (Wildman–Crippen LogP) is 1.56. The van der Waals surface area contributed by atoms with Crippen molar-refractivity contribution in [2.45, 2.75) is 19.9 Å². The Morgan fingerprint density at radius 3 is 2.86 bits per heavy atom. The molecule has 118 valence electrons. The molecule has 0 unspecified atom stereocenters. The van der Waals surface area contributed by atoms with Gasteiger partial charge in [0.05, 0.1) is 13.2 Å². The Balaban J connectivity index is 2.09. The van der Waals surface area contributed by atoms with Crippen molar-refractivity contribution in [2.24, 2.45) is 0 Å². The van der Waals surface area contributed by atoms with Gasteiger partial charge in [0, 0.05) is 18.8 Å². The second-order valence-corrected chi connectivity index (χ2v) is 4.89. The van der Waals surface area contributed by atoms with Gasteiger partial charge in [-0.15, -0.1) is 0 Å². The Morgan fingerprint density at radius 1 is 1.36 bits per heavy atom. The Labute approximate surface area is 129 Å². The topological polar surface area (TPSA) is 83.3 Å². The number of aromatic nitrogens is 3. The standard InChI is InChI=1S/C15H21N5O2/c1-2-7-19(8-9-21)15(22)18-14-6-4-3-5-13(14)10-20-12-16-11-17-20/h3-6,11-12,21H,2,7-10H2,1H3,(H,18,22).